The first-order valence-corrected chi connectivity index (χ1v) is 2.95. The van der Waals surface area contributed by atoms with Crippen LogP contribution in [-0.2, 0) is 0 Å². The molecule has 0 radical (unpaired) electrons. The minimum Gasteiger partial charge on any atom is -0.375 e. The van der Waals surface area contributed by atoms with E-state index in [1.54, 1.807) is 0 Å². The van der Waals surface area contributed by atoms with Crippen molar-refractivity contribution in [2.24, 2.45) is 27.4 Å². The zero-order valence-corrected chi connectivity index (χ0v) is 7.65. The van der Waals surface area contributed by atoms with Crippen LogP contribution in [0.3, 0.4) is 0 Å². The molecule has 0 heterocycles. The lowest BCUT2D eigenvalue weighted by atomic mass is 11.1. The van der Waals surface area contributed by atoms with E-state index in [2.05, 4.69) is 33.3 Å². The summed E-state index contributed by atoms with van der Waals surface area (Å²) in [7, 11) is 0. The van der Waals surface area contributed by atoms with Gasteiger partial charge in [0.15, 0.2) is 5.11 Å². The summed E-state index contributed by atoms with van der Waals surface area (Å²) in [6, 6.07) is 0. The molecule has 0 spiro atoms. The molecule has 7 nitrogen and oxygen atoms in total. The third-order valence-corrected chi connectivity index (χ3v) is 0.593. The van der Waals surface area contributed by atoms with Gasteiger partial charge in [0.1, 0.15) is 6.34 Å². The van der Waals surface area contributed by atoms with Gasteiger partial charge in [-0.3, -0.25) is 10.9 Å². The maximum absolute atomic E-state index is 5.05. The normalized spacial score (nSPS) is 8.33. The van der Waals surface area contributed by atoms with E-state index in [1.165, 1.54) is 6.34 Å². The number of nitrogens with zero attached hydrogens (tertiary/aromatic N) is 2. The number of rotatable bonds is 3. The van der Waals surface area contributed by atoms with Crippen LogP contribution in [0.15, 0.2) is 10.2 Å². The Morgan fingerprint density at radius 2 is 1.92 bits per heavy atom. The molecule has 9 heteroatoms. The van der Waals surface area contributed by atoms with Gasteiger partial charge >= 0.3 is 0 Å². The largest absolute Gasteiger partial charge is 0.375 e. The van der Waals surface area contributed by atoms with Gasteiger partial charge in [-0.1, -0.05) is 0 Å². The van der Waals surface area contributed by atoms with Gasteiger partial charge in [-0.05, 0) is 12.2 Å². The molecule has 0 aromatic heterocycles. The van der Waals surface area contributed by atoms with Crippen molar-refractivity contribution in [3.05, 3.63) is 0 Å². The Morgan fingerprint density at radius 1 is 1.33 bits per heavy atom. The molecule has 0 aliphatic carbocycles. The molecule has 0 aromatic carbocycles. The third-order valence-electron chi connectivity index (χ3n) is 0.491. The molecule has 0 unspecified atom stereocenters. The zero-order valence-electron chi connectivity index (χ0n) is 6.02. The highest BCUT2D eigenvalue weighted by Crippen LogP contribution is 1.61. The Bertz CT molecular complexity index is 185. The summed E-state index contributed by atoms with van der Waals surface area (Å²) in [5.74, 6) is -0.127. The Hall–Kier alpha value is -1.28. The maximum atomic E-state index is 5.05. The van der Waals surface area contributed by atoms with Crippen LogP contribution in [0.25, 0.3) is 0 Å². The zero-order chi connectivity index (χ0) is 8.69. The Morgan fingerprint density at radius 3 is 2.33 bits per heavy atom. The van der Waals surface area contributed by atoms with E-state index in [4.69, 9.17) is 17.2 Å². The van der Waals surface area contributed by atoms with Crippen LogP contribution in [0, 0.1) is 0 Å². The lowest BCUT2D eigenvalue weighted by Gasteiger charge is -1.98. The molecule has 0 aliphatic rings. The van der Waals surface area contributed by atoms with Crippen molar-refractivity contribution in [3.8, 4) is 0 Å². The van der Waals surface area contributed by atoms with Crippen LogP contribution >= 0.6 is 24.6 Å². The fourth-order valence-corrected chi connectivity index (χ4v) is 0.287. The molecule has 0 aliphatic heterocycles. The highest BCUT2D eigenvalue weighted by atomic mass is 35.5. The molecule has 70 valence electrons. The van der Waals surface area contributed by atoms with E-state index in [0.717, 1.165) is 0 Å². The number of hydrazine groups is 1. The van der Waals surface area contributed by atoms with Crippen LogP contribution < -0.4 is 28.1 Å². The van der Waals surface area contributed by atoms with Gasteiger partial charge in [-0.15, -0.1) is 22.6 Å². The molecular weight excluding hydrogens is 202 g/mol. The van der Waals surface area contributed by atoms with Gasteiger partial charge in [0.05, 0.1) is 0 Å². The summed E-state index contributed by atoms with van der Waals surface area (Å²) < 4.78 is 0. The number of halogens is 1. The van der Waals surface area contributed by atoms with E-state index in [0.29, 0.717) is 0 Å². The van der Waals surface area contributed by atoms with Crippen LogP contribution in [-0.4, -0.2) is 17.4 Å². The topological polar surface area (TPSA) is 127 Å². The second-order valence-electron chi connectivity index (χ2n) is 1.40. The summed E-state index contributed by atoms with van der Waals surface area (Å²) in [6.07, 6.45) is 1.19. The quantitative estimate of drug-likeness (QED) is 0.159. The standard InChI is InChI=1S/C3H9N7S.ClH/c4-2(5)9-7-1-8-10-3(6)11;/h1H,(H,7,8)(H4,4,5,9)(H3,6,10,11);1H. The smallest absolute Gasteiger partial charge is 0.211 e. The van der Waals surface area contributed by atoms with Crippen molar-refractivity contribution < 1.29 is 0 Å². The predicted octanol–water partition coefficient (Wildman–Crippen LogP) is -2.04. The Labute approximate surface area is 80.8 Å². The summed E-state index contributed by atoms with van der Waals surface area (Å²) in [4.78, 5) is 0. The summed E-state index contributed by atoms with van der Waals surface area (Å²) in [6.45, 7) is 0. The van der Waals surface area contributed by atoms with E-state index in [9.17, 15) is 0 Å². The van der Waals surface area contributed by atoms with E-state index >= 15 is 0 Å². The number of guanidine groups is 1. The lowest BCUT2D eigenvalue weighted by molar-refractivity contribution is 0.881. The van der Waals surface area contributed by atoms with Crippen LogP contribution in [0.4, 0.5) is 0 Å². The summed E-state index contributed by atoms with van der Waals surface area (Å²) >= 11 is 4.45. The first-order chi connectivity index (χ1) is 5.13. The molecule has 8 N–H and O–H groups in total. The molecule has 0 fully saturated rings. The van der Waals surface area contributed by atoms with Crippen molar-refractivity contribution in [1.82, 2.24) is 10.9 Å². The monoisotopic (exact) mass is 211 g/mol. The minimum absolute atomic E-state index is 0. The second-order valence-corrected chi connectivity index (χ2v) is 1.84. The molecule has 0 aromatic rings. The number of nitrogens with one attached hydrogen (secondary N) is 2. The van der Waals surface area contributed by atoms with Crippen LogP contribution in [0.1, 0.15) is 0 Å². The number of nitrogens with two attached hydrogens (primary N) is 3. The first kappa shape index (κ1) is 13.3. The average molecular weight is 212 g/mol. The lowest BCUT2D eigenvalue weighted by Crippen LogP contribution is -2.39. The SMILES string of the molecule is Cl.NC(=S)NN/C=N/N=C(N)N. The van der Waals surface area contributed by atoms with Crippen molar-refractivity contribution in [3.63, 3.8) is 0 Å². The Kier molecular flexibility index (Phi) is 8.68. The number of thiocarbonyl (C=S) groups is 1. The van der Waals surface area contributed by atoms with Crippen LogP contribution in [0.2, 0.25) is 0 Å². The molecule has 0 saturated carbocycles. The summed E-state index contributed by atoms with van der Waals surface area (Å²) in [5, 5.41) is 6.74. The predicted molar refractivity (Wildman–Crippen MR) is 54.6 cm³/mol. The molecule has 0 amide bonds. The maximum Gasteiger partial charge on any atom is 0.211 e. The third kappa shape index (κ3) is 11.5. The molecule has 12 heavy (non-hydrogen) atoms. The highest BCUT2D eigenvalue weighted by Gasteiger charge is 1.77. The fourth-order valence-electron chi connectivity index (χ4n) is 0.228. The molecule has 0 saturated heterocycles. The van der Waals surface area contributed by atoms with Crippen molar-refractivity contribution in [2.45, 2.75) is 0 Å². The van der Waals surface area contributed by atoms with Gasteiger partial charge in [0, 0.05) is 0 Å². The first-order valence-electron chi connectivity index (χ1n) is 2.54. The molecule has 0 bridgehead atoms. The van der Waals surface area contributed by atoms with E-state index < -0.39 is 0 Å². The van der Waals surface area contributed by atoms with Gasteiger partial charge < -0.3 is 17.2 Å². The van der Waals surface area contributed by atoms with Crippen molar-refractivity contribution in [2.75, 3.05) is 0 Å². The van der Waals surface area contributed by atoms with Crippen molar-refractivity contribution in [1.29, 1.82) is 0 Å². The molecular formula is C3H10ClN7S. The Balaban J connectivity index is 0. The molecule has 0 rings (SSSR count). The fraction of sp³-hybridized carbons (Fsp3) is 0. The molecule has 0 atom stereocenters. The van der Waals surface area contributed by atoms with Crippen LogP contribution in [0.5, 0.6) is 0 Å². The van der Waals surface area contributed by atoms with Gasteiger partial charge in [-0.25, -0.2) is 0 Å². The number of hydrogen-bond acceptors (Lipinski definition) is 3. The van der Waals surface area contributed by atoms with Gasteiger partial charge in [0.25, 0.3) is 0 Å². The second kappa shape index (κ2) is 7.82. The highest BCUT2D eigenvalue weighted by molar-refractivity contribution is 7.80. The van der Waals surface area contributed by atoms with E-state index in [1.807, 2.05) is 0 Å². The number of hydrogen-bond donors (Lipinski definition) is 5. The average Bonchev–Trinajstić information content (AvgIpc) is 1.85. The van der Waals surface area contributed by atoms with Gasteiger partial charge in [-0.2, -0.15) is 0 Å². The minimum atomic E-state index is -0.127. The van der Waals surface area contributed by atoms with E-state index in [-0.39, 0.29) is 23.5 Å². The van der Waals surface area contributed by atoms with Crippen molar-refractivity contribution >= 4 is 42.0 Å². The van der Waals surface area contributed by atoms with Gasteiger partial charge in [0.2, 0.25) is 5.96 Å². The summed E-state index contributed by atoms with van der Waals surface area (Å²) in [5.41, 5.74) is 19.7.